The lowest BCUT2D eigenvalue weighted by molar-refractivity contribution is 0.0564. The molecule has 2 unspecified atom stereocenters. The zero-order valence-corrected chi connectivity index (χ0v) is 9.50. The molecule has 3 nitrogen and oxygen atoms in total. The van der Waals surface area contributed by atoms with Crippen LogP contribution < -0.4 is 5.73 Å². The van der Waals surface area contributed by atoms with Gasteiger partial charge >= 0.3 is 0 Å². The van der Waals surface area contributed by atoms with Crippen molar-refractivity contribution in [3.8, 4) is 0 Å². The van der Waals surface area contributed by atoms with Crippen molar-refractivity contribution in [3.63, 3.8) is 0 Å². The average Bonchev–Trinajstić information content (AvgIpc) is 2.58. The van der Waals surface area contributed by atoms with E-state index in [-0.39, 0.29) is 6.10 Å². The molecule has 1 saturated heterocycles. The molecule has 1 aliphatic rings. The highest BCUT2D eigenvalue weighted by Gasteiger charge is 2.22. The van der Waals surface area contributed by atoms with Gasteiger partial charge in [0.1, 0.15) is 5.82 Å². The number of nitrogens with zero attached hydrogens (tertiary/aromatic N) is 1. The van der Waals surface area contributed by atoms with Crippen LogP contribution in [-0.2, 0) is 11.2 Å². The predicted molar refractivity (Wildman–Crippen MR) is 60.9 cm³/mol. The van der Waals surface area contributed by atoms with Gasteiger partial charge in [-0.25, -0.2) is 4.98 Å². The number of nitrogens with two attached hydrogens (primary N) is 1. The minimum Gasteiger partial charge on any atom is -0.383 e. The summed E-state index contributed by atoms with van der Waals surface area (Å²) < 4.78 is 5.73. The van der Waals surface area contributed by atoms with Crippen LogP contribution in [0.3, 0.4) is 0 Å². The van der Waals surface area contributed by atoms with Gasteiger partial charge in [-0.05, 0) is 31.4 Å². The first kappa shape index (κ1) is 10.7. The van der Waals surface area contributed by atoms with Gasteiger partial charge in [-0.2, -0.15) is 0 Å². The third kappa shape index (κ3) is 2.61. The van der Waals surface area contributed by atoms with E-state index >= 15 is 0 Å². The van der Waals surface area contributed by atoms with Crippen LogP contribution in [0.25, 0.3) is 0 Å². The summed E-state index contributed by atoms with van der Waals surface area (Å²) >= 11 is 5.87. The van der Waals surface area contributed by atoms with Crippen LogP contribution in [0.15, 0.2) is 12.3 Å². The SMILES string of the molecule is CC1CCC(Cc2cc(Cl)cnc2N)O1. The zero-order chi connectivity index (χ0) is 10.8. The summed E-state index contributed by atoms with van der Waals surface area (Å²) in [5, 5.41) is 0.630. The standard InChI is InChI=1S/C11H15ClN2O/c1-7-2-3-10(15-7)5-8-4-9(12)6-14-11(8)13/h4,6-7,10H,2-3,5H2,1H3,(H2,13,14). The molecule has 1 fully saturated rings. The summed E-state index contributed by atoms with van der Waals surface area (Å²) in [5.41, 5.74) is 6.76. The molecule has 15 heavy (non-hydrogen) atoms. The summed E-state index contributed by atoms with van der Waals surface area (Å²) in [6.45, 7) is 2.10. The average molecular weight is 227 g/mol. The highest BCUT2D eigenvalue weighted by Crippen LogP contribution is 2.25. The molecule has 0 aromatic carbocycles. The minimum atomic E-state index is 0.266. The van der Waals surface area contributed by atoms with Gasteiger partial charge in [0.2, 0.25) is 0 Å². The molecule has 0 saturated carbocycles. The van der Waals surface area contributed by atoms with E-state index < -0.39 is 0 Å². The number of pyridine rings is 1. The van der Waals surface area contributed by atoms with Crippen LogP contribution in [0.1, 0.15) is 25.3 Å². The normalized spacial score (nSPS) is 25.7. The fraction of sp³-hybridized carbons (Fsp3) is 0.545. The molecule has 0 bridgehead atoms. The second-order valence-corrected chi connectivity index (χ2v) is 4.48. The van der Waals surface area contributed by atoms with E-state index in [4.69, 9.17) is 22.1 Å². The van der Waals surface area contributed by atoms with Crippen LogP contribution >= 0.6 is 11.6 Å². The largest absolute Gasteiger partial charge is 0.383 e. The molecule has 0 amide bonds. The van der Waals surface area contributed by atoms with Gasteiger partial charge in [-0.3, -0.25) is 0 Å². The van der Waals surface area contributed by atoms with E-state index in [1.807, 2.05) is 6.07 Å². The molecular formula is C11H15ClN2O. The monoisotopic (exact) mass is 226 g/mol. The van der Waals surface area contributed by atoms with E-state index in [9.17, 15) is 0 Å². The third-order valence-electron chi connectivity index (χ3n) is 2.74. The molecule has 4 heteroatoms. The Morgan fingerprint density at radius 2 is 2.40 bits per heavy atom. The van der Waals surface area contributed by atoms with Crippen LogP contribution in [0.4, 0.5) is 5.82 Å². The Balaban J connectivity index is 2.07. The second kappa shape index (κ2) is 4.37. The molecule has 2 atom stereocenters. The van der Waals surface area contributed by atoms with Gasteiger partial charge in [-0.15, -0.1) is 0 Å². The Morgan fingerprint density at radius 1 is 1.60 bits per heavy atom. The van der Waals surface area contributed by atoms with E-state index in [1.54, 1.807) is 6.20 Å². The maximum absolute atomic E-state index is 5.87. The Bertz CT molecular complexity index is 356. The van der Waals surface area contributed by atoms with Gasteiger partial charge in [0.05, 0.1) is 17.2 Å². The third-order valence-corrected chi connectivity index (χ3v) is 2.94. The minimum absolute atomic E-state index is 0.266. The summed E-state index contributed by atoms with van der Waals surface area (Å²) in [4.78, 5) is 4.03. The molecule has 82 valence electrons. The van der Waals surface area contributed by atoms with Crippen molar-refractivity contribution >= 4 is 17.4 Å². The van der Waals surface area contributed by atoms with Gasteiger partial charge in [0.15, 0.2) is 0 Å². The molecule has 0 spiro atoms. The summed E-state index contributed by atoms with van der Waals surface area (Å²) in [5.74, 6) is 0.558. The molecule has 2 N–H and O–H groups in total. The van der Waals surface area contributed by atoms with Gasteiger partial charge < -0.3 is 10.5 Å². The first-order chi connectivity index (χ1) is 7.15. The summed E-state index contributed by atoms with van der Waals surface area (Å²) in [6, 6.07) is 1.87. The first-order valence-corrected chi connectivity index (χ1v) is 5.58. The maximum Gasteiger partial charge on any atom is 0.126 e. The lowest BCUT2D eigenvalue weighted by Gasteiger charge is -2.12. The predicted octanol–water partition coefficient (Wildman–Crippen LogP) is 2.43. The van der Waals surface area contributed by atoms with Gasteiger partial charge in [-0.1, -0.05) is 11.6 Å². The molecule has 2 rings (SSSR count). The summed E-state index contributed by atoms with van der Waals surface area (Å²) in [7, 11) is 0. The fourth-order valence-electron chi connectivity index (χ4n) is 1.94. The Labute approximate surface area is 94.6 Å². The molecule has 0 aliphatic carbocycles. The van der Waals surface area contributed by atoms with Gasteiger partial charge in [0, 0.05) is 12.6 Å². The van der Waals surface area contributed by atoms with Crippen molar-refractivity contribution in [2.24, 2.45) is 0 Å². The number of hydrogen-bond donors (Lipinski definition) is 1. The molecular weight excluding hydrogens is 212 g/mol. The quantitative estimate of drug-likeness (QED) is 0.843. The molecule has 1 aliphatic heterocycles. The first-order valence-electron chi connectivity index (χ1n) is 5.20. The van der Waals surface area contributed by atoms with Crippen molar-refractivity contribution in [1.82, 2.24) is 4.98 Å². The smallest absolute Gasteiger partial charge is 0.126 e. The van der Waals surface area contributed by atoms with Crippen LogP contribution in [0.2, 0.25) is 5.02 Å². The van der Waals surface area contributed by atoms with Crippen molar-refractivity contribution < 1.29 is 4.74 Å². The van der Waals surface area contributed by atoms with Crippen LogP contribution in [0, 0.1) is 0 Å². The van der Waals surface area contributed by atoms with Gasteiger partial charge in [0.25, 0.3) is 0 Å². The number of rotatable bonds is 2. The summed E-state index contributed by atoms with van der Waals surface area (Å²) in [6.07, 6.45) is 5.22. The lowest BCUT2D eigenvalue weighted by Crippen LogP contribution is -2.13. The fourth-order valence-corrected chi connectivity index (χ4v) is 2.12. The van der Waals surface area contributed by atoms with E-state index in [0.29, 0.717) is 16.9 Å². The topological polar surface area (TPSA) is 48.1 Å². The van der Waals surface area contributed by atoms with E-state index in [1.165, 1.54) is 0 Å². The van der Waals surface area contributed by atoms with Crippen molar-refractivity contribution in [2.45, 2.75) is 38.4 Å². The Morgan fingerprint density at radius 3 is 3.07 bits per heavy atom. The number of halogens is 1. The number of aromatic nitrogens is 1. The second-order valence-electron chi connectivity index (χ2n) is 4.05. The van der Waals surface area contributed by atoms with Crippen molar-refractivity contribution in [2.75, 3.05) is 5.73 Å². The van der Waals surface area contributed by atoms with Crippen LogP contribution in [-0.4, -0.2) is 17.2 Å². The number of nitrogen functional groups attached to an aromatic ring is 1. The Kier molecular flexibility index (Phi) is 3.12. The Hall–Kier alpha value is -0.800. The van der Waals surface area contributed by atoms with Crippen LogP contribution in [0.5, 0.6) is 0 Å². The molecule has 1 aromatic rings. The van der Waals surface area contributed by atoms with E-state index in [2.05, 4.69) is 11.9 Å². The van der Waals surface area contributed by atoms with Crippen molar-refractivity contribution in [3.05, 3.63) is 22.8 Å². The highest BCUT2D eigenvalue weighted by atomic mass is 35.5. The molecule has 2 heterocycles. The van der Waals surface area contributed by atoms with Crippen molar-refractivity contribution in [1.29, 1.82) is 0 Å². The van der Waals surface area contributed by atoms with E-state index in [0.717, 1.165) is 24.8 Å². The number of anilines is 1. The number of ether oxygens (including phenoxy) is 1. The molecule has 1 aromatic heterocycles. The molecule has 0 radical (unpaired) electrons. The maximum atomic E-state index is 5.87. The highest BCUT2D eigenvalue weighted by molar-refractivity contribution is 6.30. The lowest BCUT2D eigenvalue weighted by atomic mass is 10.1. The zero-order valence-electron chi connectivity index (χ0n) is 8.74. The number of hydrogen-bond acceptors (Lipinski definition) is 3.